The van der Waals surface area contributed by atoms with Gasteiger partial charge in [-0.25, -0.2) is 8.78 Å². The molecule has 0 unspecified atom stereocenters. The first-order valence-electron chi connectivity index (χ1n) is 36.1. The molecule has 3 saturated carbocycles. The van der Waals surface area contributed by atoms with Crippen molar-refractivity contribution in [2.45, 2.75) is 202 Å². The third-order valence-electron chi connectivity index (χ3n) is 21.8. The number of benzene rings is 2. The van der Waals surface area contributed by atoms with Crippen molar-refractivity contribution < 1.29 is 97.4 Å². The number of ether oxygens (including phenoxy) is 1. The van der Waals surface area contributed by atoms with E-state index in [0.29, 0.717) is 63.5 Å². The molecular weight excluding hydrogens is 1400 g/mol. The molecule has 2 saturated heterocycles. The van der Waals surface area contributed by atoms with Gasteiger partial charge >= 0.3 is 12.4 Å². The summed E-state index contributed by atoms with van der Waals surface area (Å²) >= 11 is 0. The number of amides is 12. The van der Waals surface area contributed by atoms with Crippen LogP contribution in [0.5, 0.6) is 0 Å². The van der Waals surface area contributed by atoms with Crippen molar-refractivity contribution in [2.75, 3.05) is 89.2 Å². The summed E-state index contributed by atoms with van der Waals surface area (Å²) in [5.41, 5.74) is -5.23. The average Bonchev–Trinajstić information content (AvgIpc) is 1.02. The maximum absolute atomic E-state index is 15.4. The minimum atomic E-state index is -5.46. The van der Waals surface area contributed by atoms with Crippen molar-refractivity contribution in [3.8, 4) is 0 Å². The van der Waals surface area contributed by atoms with Gasteiger partial charge in [-0.2, -0.15) is 26.3 Å². The maximum Gasteiger partial charge on any atom is 0.422 e. The molecule has 3 aliphatic carbocycles. The number of carbonyl (C=O) groups is 12. The van der Waals surface area contributed by atoms with Gasteiger partial charge in [-0.1, -0.05) is 50.5 Å². The largest absolute Gasteiger partial charge is 0.422 e. The normalized spacial score (nSPS) is 26.8. The number of carbonyl (C=O) groups excluding carboxylic acids is 12. The second-order valence-electron chi connectivity index (χ2n) is 29.1. The molecule has 12 amide bonds. The lowest BCUT2D eigenvalue weighted by Crippen LogP contribution is -2.68. The molecule has 0 aromatic heterocycles. The number of nitrogens with one attached hydrogen (secondary N) is 3. The highest BCUT2D eigenvalue weighted by molar-refractivity contribution is 6.01. The van der Waals surface area contributed by atoms with Gasteiger partial charge < -0.3 is 64.8 Å². The van der Waals surface area contributed by atoms with Gasteiger partial charge in [0.25, 0.3) is 0 Å². The fourth-order valence-electron chi connectivity index (χ4n) is 15.3. The van der Waals surface area contributed by atoms with Crippen LogP contribution in [0.15, 0.2) is 48.6 Å². The van der Waals surface area contributed by atoms with Gasteiger partial charge in [0.05, 0.1) is 31.2 Å². The van der Waals surface area contributed by atoms with Crippen LogP contribution in [0.3, 0.4) is 0 Å². The summed E-state index contributed by atoms with van der Waals surface area (Å²) in [6.45, 7) is 1.13. The van der Waals surface area contributed by atoms with Crippen molar-refractivity contribution >= 4 is 70.9 Å². The van der Waals surface area contributed by atoms with Gasteiger partial charge in [-0.3, -0.25) is 57.5 Å². The molecule has 0 radical (unpaired) electrons. The first-order valence-corrected chi connectivity index (χ1v) is 36.1. The monoisotopic (exact) mass is 1500 g/mol. The van der Waals surface area contributed by atoms with Crippen molar-refractivity contribution in [3.05, 3.63) is 82.4 Å². The molecule has 2 aromatic carbocycles. The Hall–Kier alpha value is -8.78. The van der Waals surface area contributed by atoms with Crippen molar-refractivity contribution in [2.24, 2.45) is 11.8 Å². The van der Waals surface area contributed by atoms with E-state index in [0.717, 1.165) is 65.6 Å². The number of halogens is 8. The number of aryl methyl sites for hydroxylation is 1. The zero-order chi connectivity index (χ0) is 78.2. The Kier molecular flexibility index (Phi) is 27.2. The van der Waals surface area contributed by atoms with Gasteiger partial charge in [-0.15, -0.1) is 0 Å². The lowest BCUT2D eigenvalue weighted by atomic mass is 9.74. The molecule has 3 aliphatic heterocycles. The molecule has 2 bridgehead atoms. The number of likely N-dealkylation sites (N-methyl/N-ethyl adjacent to an activating group) is 7. The highest BCUT2D eigenvalue weighted by Crippen LogP contribution is 2.40. The number of alkyl halides is 6. The fourth-order valence-corrected chi connectivity index (χ4v) is 15.3. The lowest BCUT2D eigenvalue weighted by Gasteiger charge is -2.46. The number of hydrogen-bond acceptors (Lipinski definition) is 13. The topological polar surface area (TPSA) is 279 Å². The average molecular weight is 1500 g/mol. The van der Waals surface area contributed by atoms with Crippen molar-refractivity contribution in [1.82, 2.24) is 60.0 Å². The van der Waals surface area contributed by atoms with E-state index in [1.807, 2.05) is 0 Å². The Morgan fingerprint density at radius 3 is 1.81 bits per heavy atom. The van der Waals surface area contributed by atoms with Crippen LogP contribution >= 0.6 is 0 Å². The number of rotatable bonds is 11. The minimum absolute atomic E-state index is 0.00195. The van der Waals surface area contributed by atoms with Crippen LogP contribution in [0, 0.1) is 23.5 Å². The first kappa shape index (κ1) is 82.9. The van der Waals surface area contributed by atoms with Crippen LogP contribution < -0.4 is 16.0 Å². The highest BCUT2D eigenvalue weighted by atomic mass is 19.4. The predicted octanol–water partition coefficient (Wildman–Crippen LogP) is 4.86. The molecule has 6 aliphatic rings. The van der Waals surface area contributed by atoms with Gasteiger partial charge in [0.1, 0.15) is 71.1 Å². The van der Waals surface area contributed by atoms with E-state index in [1.54, 1.807) is 26.0 Å². The summed E-state index contributed by atoms with van der Waals surface area (Å²) in [6.07, 6.45) is -6.02. The Labute approximate surface area is 611 Å². The molecule has 8 rings (SSSR count). The number of hydrogen-bond donors (Lipinski definition) is 3. The zero-order valence-corrected chi connectivity index (χ0v) is 61.6. The lowest BCUT2D eigenvalue weighted by molar-refractivity contribution is -0.157. The van der Waals surface area contributed by atoms with Crippen LogP contribution in [0.1, 0.15) is 139 Å². The third kappa shape index (κ3) is 18.9. The standard InChI is InChI=1S/C73H98F8N12O13/c1-11-51-62(97)83-60(44-22-18-23-44)68(103)87(6)41-58(96)89(8)52-24-14-13-17-33-92(67(52)102)55(36-42-25-28-46(29-26-42)72(76,77)78)66(101)86(5)40-56(94)82-50(30-27-43-34-48(74)59(49(75)35-43)73(79,80)81)64(99)93-39-47(106-12-2)37-53(93)63(98)84-71(31-19-32-71)70(105)91(10)61(45-20-15-16-21-45)69(104)90(9)54(65(100)85(3)4)38-57(95)88(51)7/h13-14,25-26,28-29,34-35,44-45,47,50-55,60-61H,11-12,15-24,27,30-33,36-41H2,1-10H3,(H,82,94)(H,83,97)(H,84,98)/b14-13-/t47-,50+,51+,52+,53+,54+,55+,60+,61+/m1/s1. The van der Waals surface area contributed by atoms with Crippen LogP contribution in [0.2, 0.25) is 0 Å². The second-order valence-corrected chi connectivity index (χ2v) is 29.1. The Morgan fingerprint density at radius 1 is 0.632 bits per heavy atom. The Morgan fingerprint density at radius 2 is 1.25 bits per heavy atom. The molecule has 9 atom stereocenters. The zero-order valence-electron chi connectivity index (χ0n) is 61.6. The summed E-state index contributed by atoms with van der Waals surface area (Å²) in [5, 5.41) is 8.25. The molecule has 25 nitrogen and oxygen atoms in total. The highest BCUT2D eigenvalue weighted by Gasteiger charge is 2.54. The maximum atomic E-state index is 15.4. The molecule has 1 spiro atoms. The molecule has 3 heterocycles. The summed E-state index contributed by atoms with van der Waals surface area (Å²) < 4.78 is 120. The quantitative estimate of drug-likeness (QED) is 0.201. The van der Waals surface area contributed by atoms with Crippen LogP contribution in [-0.4, -0.2) is 264 Å². The molecule has 33 heteroatoms. The molecule has 584 valence electrons. The Bertz CT molecular complexity index is 3620. The van der Waals surface area contributed by atoms with Gasteiger partial charge in [0.15, 0.2) is 0 Å². The van der Waals surface area contributed by atoms with E-state index in [4.69, 9.17) is 4.74 Å². The molecular formula is C73H98F8N12O13. The summed E-state index contributed by atoms with van der Waals surface area (Å²) in [7, 11) is 10.7. The van der Waals surface area contributed by atoms with Gasteiger partial charge in [0.2, 0.25) is 70.9 Å². The molecule has 5 fully saturated rings. The third-order valence-corrected chi connectivity index (χ3v) is 21.8. The SMILES string of the molecule is CCO[C@@H]1C[C@H]2C(=O)NC3(CCC3)C(=O)N(C)[C@@H](C3CCCC3)C(=O)N(C)[C@H](C(=O)N(C)C)CC(=O)N(C)[C@@H](CC)C(=O)N[C@@H](C3CCC3)C(=O)N(C)CC(=O)N(C)[C@H]3C/C=C\CCN(C3=O)[C@@H](Cc3ccc(C(F)(F)F)cc3)C(=O)N(C)CC(=O)N[C@@H](CCc3cc(F)c(C(F)(F)F)c(F)c3)C(=O)N2C1. The molecule has 2 aromatic rings. The van der Waals surface area contributed by atoms with E-state index >= 15 is 37.5 Å². The summed E-state index contributed by atoms with van der Waals surface area (Å²) in [5.74, 6) is -14.8. The van der Waals surface area contributed by atoms with E-state index in [-0.39, 0.29) is 63.8 Å². The first-order chi connectivity index (χ1) is 49.8. The van der Waals surface area contributed by atoms with Crippen molar-refractivity contribution in [1.29, 1.82) is 0 Å². The van der Waals surface area contributed by atoms with Crippen LogP contribution in [0.4, 0.5) is 35.1 Å². The number of fused-ring (bicyclic) bond motifs is 3. The minimum Gasteiger partial charge on any atom is -0.377 e. The molecule has 106 heavy (non-hydrogen) atoms. The number of nitrogens with zero attached hydrogens (tertiary/aromatic N) is 9. The van der Waals surface area contributed by atoms with E-state index in [2.05, 4.69) is 16.0 Å². The van der Waals surface area contributed by atoms with Crippen LogP contribution in [-0.2, 0) is 87.5 Å². The second kappa shape index (κ2) is 34.8. The Balaban J connectivity index is 1.21. The summed E-state index contributed by atoms with van der Waals surface area (Å²) in [4.78, 5) is 189. The summed E-state index contributed by atoms with van der Waals surface area (Å²) in [6, 6.07) is -7.12. The molecule has 3 N–H and O–H groups in total. The van der Waals surface area contributed by atoms with E-state index in [1.165, 1.54) is 59.1 Å². The van der Waals surface area contributed by atoms with Crippen molar-refractivity contribution in [3.63, 3.8) is 0 Å². The van der Waals surface area contributed by atoms with Gasteiger partial charge in [0, 0.05) is 88.9 Å². The van der Waals surface area contributed by atoms with E-state index < -0.39 is 222 Å². The van der Waals surface area contributed by atoms with Crippen LogP contribution in [0.25, 0.3) is 0 Å². The van der Waals surface area contributed by atoms with E-state index in [9.17, 15) is 55.1 Å². The van der Waals surface area contributed by atoms with Gasteiger partial charge in [-0.05, 0) is 131 Å². The smallest absolute Gasteiger partial charge is 0.377 e. The predicted molar refractivity (Wildman–Crippen MR) is 367 cm³/mol. The fraction of sp³-hybridized carbons (Fsp3) is 0.644.